The number of carbonyl (C=O) groups is 1. The van der Waals surface area contributed by atoms with Gasteiger partial charge in [0.1, 0.15) is 12.1 Å². The highest BCUT2D eigenvalue weighted by Gasteiger charge is 2.29. The monoisotopic (exact) mass is 216 g/mol. The Hall–Kier alpha value is -1.78. The predicted molar refractivity (Wildman–Crippen MR) is 57.7 cm³/mol. The zero-order chi connectivity index (χ0) is 11.1. The Morgan fingerprint density at radius 2 is 2.31 bits per heavy atom. The Morgan fingerprint density at radius 3 is 3.06 bits per heavy atom. The lowest BCUT2D eigenvalue weighted by Crippen LogP contribution is -2.07. The summed E-state index contributed by atoms with van der Waals surface area (Å²) < 4.78 is 1.70. The minimum Gasteiger partial charge on any atom is -0.299 e. The maximum atomic E-state index is 11.7. The summed E-state index contributed by atoms with van der Waals surface area (Å²) >= 11 is 0. The average Bonchev–Trinajstić information content (AvgIpc) is 3.05. The van der Waals surface area contributed by atoms with E-state index in [1.807, 2.05) is 7.05 Å². The van der Waals surface area contributed by atoms with Crippen LogP contribution in [0.15, 0.2) is 12.5 Å². The van der Waals surface area contributed by atoms with Crippen LogP contribution in [0.2, 0.25) is 0 Å². The zero-order valence-corrected chi connectivity index (χ0v) is 9.05. The Balaban J connectivity index is 1.99. The van der Waals surface area contributed by atoms with Crippen molar-refractivity contribution in [2.75, 3.05) is 0 Å². The van der Waals surface area contributed by atoms with Gasteiger partial charge >= 0.3 is 0 Å². The minimum atomic E-state index is 0.279. The van der Waals surface area contributed by atoms with Crippen molar-refractivity contribution in [1.29, 1.82) is 0 Å². The van der Waals surface area contributed by atoms with Crippen LogP contribution >= 0.6 is 0 Å². The molecule has 0 radical (unpaired) electrons. The largest absolute Gasteiger partial charge is 0.299 e. The first-order valence-electron chi connectivity index (χ1n) is 5.40. The lowest BCUT2D eigenvalue weighted by Gasteiger charge is -2.00. The predicted octanol–water partition coefficient (Wildman–Crippen LogP) is 0.885. The summed E-state index contributed by atoms with van der Waals surface area (Å²) in [6.45, 7) is 0. The summed E-state index contributed by atoms with van der Waals surface area (Å²) in [4.78, 5) is 20.1. The summed E-state index contributed by atoms with van der Waals surface area (Å²) in [6, 6.07) is 0. The van der Waals surface area contributed by atoms with Gasteiger partial charge in [0.25, 0.3) is 0 Å². The third kappa shape index (κ3) is 1.48. The standard InChI is InChI=1S/C11H12N4O/c1-15-11-8(5-14-15)9(12-6-13-11)4-10(16)7-2-3-7/h5-7H,2-4H2,1H3. The highest BCUT2D eigenvalue weighted by Crippen LogP contribution is 2.31. The summed E-state index contributed by atoms with van der Waals surface area (Å²) in [5, 5.41) is 5.01. The number of aryl methyl sites for hydroxylation is 1. The molecule has 2 heterocycles. The van der Waals surface area contributed by atoms with Crippen molar-refractivity contribution >= 4 is 16.8 Å². The van der Waals surface area contributed by atoms with Crippen LogP contribution in [-0.4, -0.2) is 25.5 Å². The second-order valence-electron chi connectivity index (χ2n) is 4.24. The van der Waals surface area contributed by atoms with Crippen molar-refractivity contribution in [2.24, 2.45) is 13.0 Å². The molecule has 0 N–H and O–H groups in total. The molecule has 0 aromatic carbocycles. The highest BCUT2D eigenvalue weighted by molar-refractivity contribution is 5.89. The summed E-state index contributed by atoms with van der Waals surface area (Å²) in [5.74, 6) is 0.575. The number of carbonyl (C=O) groups excluding carboxylic acids is 1. The molecule has 2 aromatic rings. The molecule has 5 heteroatoms. The summed E-state index contributed by atoms with van der Waals surface area (Å²) in [7, 11) is 1.84. The van der Waals surface area contributed by atoms with Gasteiger partial charge < -0.3 is 0 Å². The van der Waals surface area contributed by atoms with E-state index >= 15 is 0 Å². The first-order valence-corrected chi connectivity index (χ1v) is 5.40. The molecule has 0 atom stereocenters. The van der Waals surface area contributed by atoms with Crippen molar-refractivity contribution in [2.45, 2.75) is 19.3 Å². The maximum absolute atomic E-state index is 11.7. The molecule has 0 unspecified atom stereocenters. The molecular weight excluding hydrogens is 204 g/mol. The molecule has 1 fully saturated rings. The van der Waals surface area contributed by atoms with Crippen molar-refractivity contribution in [3.63, 3.8) is 0 Å². The number of rotatable bonds is 3. The minimum absolute atomic E-state index is 0.279. The van der Waals surface area contributed by atoms with Crippen LogP contribution in [0.25, 0.3) is 11.0 Å². The van der Waals surface area contributed by atoms with Crippen LogP contribution in [0.1, 0.15) is 18.5 Å². The van der Waals surface area contributed by atoms with Gasteiger partial charge in [-0.15, -0.1) is 0 Å². The second-order valence-corrected chi connectivity index (χ2v) is 4.24. The molecule has 2 aromatic heterocycles. The molecule has 0 aliphatic heterocycles. The van der Waals surface area contributed by atoms with Crippen molar-refractivity contribution in [3.8, 4) is 0 Å². The van der Waals surface area contributed by atoms with Gasteiger partial charge in [-0.05, 0) is 12.8 Å². The van der Waals surface area contributed by atoms with Gasteiger partial charge in [0.15, 0.2) is 5.65 Å². The van der Waals surface area contributed by atoms with E-state index in [9.17, 15) is 4.79 Å². The molecule has 1 saturated carbocycles. The molecule has 0 saturated heterocycles. The third-order valence-corrected chi connectivity index (χ3v) is 2.99. The lowest BCUT2D eigenvalue weighted by atomic mass is 10.1. The fourth-order valence-electron chi connectivity index (χ4n) is 1.87. The second kappa shape index (κ2) is 3.37. The molecule has 0 spiro atoms. The number of hydrogen-bond donors (Lipinski definition) is 0. The van der Waals surface area contributed by atoms with E-state index in [1.54, 1.807) is 10.9 Å². The van der Waals surface area contributed by atoms with Crippen molar-refractivity contribution in [1.82, 2.24) is 19.7 Å². The van der Waals surface area contributed by atoms with E-state index in [4.69, 9.17) is 0 Å². The third-order valence-electron chi connectivity index (χ3n) is 2.99. The SMILES string of the molecule is Cn1ncc2c(CC(=O)C3CC3)ncnc21. The van der Waals surface area contributed by atoms with Gasteiger partial charge in [-0.25, -0.2) is 9.97 Å². The first-order chi connectivity index (χ1) is 7.75. The van der Waals surface area contributed by atoms with Gasteiger partial charge in [0.05, 0.1) is 17.3 Å². The summed E-state index contributed by atoms with van der Waals surface area (Å²) in [5.41, 5.74) is 1.59. The Bertz CT molecular complexity index is 556. The molecule has 16 heavy (non-hydrogen) atoms. The molecule has 1 aliphatic rings. The number of fused-ring (bicyclic) bond motifs is 1. The number of ketones is 1. The molecule has 82 valence electrons. The fraction of sp³-hybridized carbons (Fsp3) is 0.455. The van der Waals surface area contributed by atoms with Crippen LogP contribution in [0, 0.1) is 5.92 Å². The number of Topliss-reactive ketones (excluding diaryl/α,β-unsaturated/α-hetero) is 1. The van der Waals surface area contributed by atoms with Crippen LogP contribution < -0.4 is 0 Å². The molecule has 3 rings (SSSR count). The topological polar surface area (TPSA) is 60.7 Å². The van der Waals surface area contributed by atoms with E-state index in [0.29, 0.717) is 12.2 Å². The van der Waals surface area contributed by atoms with E-state index < -0.39 is 0 Å². The smallest absolute Gasteiger partial charge is 0.161 e. The van der Waals surface area contributed by atoms with E-state index in [1.165, 1.54) is 6.33 Å². The molecular formula is C11H12N4O. The van der Waals surface area contributed by atoms with Gasteiger partial charge in [-0.1, -0.05) is 0 Å². The van der Waals surface area contributed by atoms with Crippen LogP contribution in [0.5, 0.6) is 0 Å². The Kier molecular flexibility index (Phi) is 1.99. The average molecular weight is 216 g/mol. The Labute approximate surface area is 92.5 Å². The number of nitrogens with zero attached hydrogens (tertiary/aromatic N) is 4. The van der Waals surface area contributed by atoms with Crippen LogP contribution in [0.3, 0.4) is 0 Å². The van der Waals surface area contributed by atoms with Gasteiger partial charge in [-0.2, -0.15) is 5.10 Å². The number of aromatic nitrogens is 4. The highest BCUT2D eigenvalue weighted by atomic mass is 16.1. The normalized spacial score (nSPS) is 15.6. The Morgan fingerprint density at radius 1 is 1.50 bits per heavy atom. The van der Waals surface area contributed by atoms with Gasteiger partial charge in [0, 0.05) is 19.4 Å². The molecule has 1 aliphatic carbocycles. The molecule has 0 amide bonds. The zero-order valence-electron chi connectivity index (χ0n) is 9.05. The van der Waals surface area contributed by atoms with E-state index in [0.717, 1.165) is 29.6 Å². The van der Waals surface area contributed by atoms with Gasteiger partial charge in [0.2, 0.25) is 0 Å². The van der Waals surface area contributed by atoms with Crippen molar-refractivity contribution < 1.29 is 4.79 Å². The number of hydrogen-bond acceptors (Lipinski definition) is 4. The van der Waals surface area contributed by atoms with Crippen molar-refractivity contribution in [3.05, 3.63) is 18.2 Å². The maximum Gasteiger partial charge on any atom is 0.161 e. The fourth-order valence-corrected chi connectivity index (χ4v) is 1.87. The summed E-state index contributed by atoms with van der Waals surface area (Å²) in [6.07, 6.45) is 5.72. The van der Waals surface area contributed by atoms with Crippen LogP contribution in [0.4, 0.5) is 0 Å². The molecule has 5 nitrogen and oxygen atoms in total. The quantitative estimate of drug-likeness (QED) is 0.764. The lowest BCUT2D eigenvalue weighted by molar-refractivity contribution is -0.119. The molecule has 0 bridgehead atoms. The van der Waals surface area contributed by atoms with E-state index in [2.05, 4.69) is 15.1 Å². The van der Waals surface area contributed by atoms with E-state index in [-0.39, 0.29) is 5.92 Å². The van der Waals surface area contributed by atoms with Gasteiger partial charge in [-0.3, -0.25) is 9.48 Å². The van der Waals surface area contributed by atoms with Crippen LogP contribution in [-0.2, 0) is 18.3 Å². The first kappa shape index (κ1) is 9.45.